The Morgan fingerprint density at radius 1 is 1.09 bits per heavy atom. The van der Waals surface area contributed by atoms with Gasteiger partial charge in [0.25, 0.3) is 0 Å². The number of hydrogen-bond acceptors (Lipinski definition) is 5. The van der Waals surface area contributed by atoms with Crippen molar-refractivity contribution in [1.29, 1.82) is 0 Å². The summed E-state index contributed by atoms with van der Waals surface area (Å²) >= 11 is 0. The van der Waals surface area contributed by atoms with Gasteiger partial charge >= 0.3 is 0 Å². The largest absolute Gasteiger partial charge is 0.497 e. The van der Waals surface area contributed by atoms with E-state index < -0.39 is 0 Å². The molecule has 2 amide bonds. The molecule has 0 aliphatic carbocycles. The molecule has 2 aromatic rings. The first-order chi connectivity index (χ1) is 15.5. The highest BCUT2D eigenvalue weighted by atomic mass is 16.5. The third kappa shape index (κ3) is 6.15. The maximum atomic E-state index is 13.0. The van der Waals surface area contributed by atoms with Crippen LogP contribution in [0, 0.1) is 5.92 Å². The molecule has 1 aliphatic heterocycles. The van der Waals surface area contributed by atoms with Crippen LogP contribution in [0.4, 0.5) is 0 Å². The van der Waals surface area contributed by atoms with Gasteiger partial charge in [-0.25, -0.2) is 0 Å². The molecule has 32 heavy (non-hydrogen) atoms. The fraction of sp³-hybridized carbons (Fsp3) is 0.440. The quantitative estimate of drug-likeness (QED) is 0.645. The highest BCUT2D eigenvalue weighted by Crippen LogP contribution is 2.30. The Morgan fingerprint density at radius 2 is 1.88 bits per heavy atom. The van der Waals surface area contributed by atoms with E-state index in [1.54, 1.807) is 19.1 Å². The Hall–Kier alpha value is -3.22. The zero-order chi connectivity index (χ0) is 22.9. The van der Waals surface area contributed by atoms with Crippen LogP contribution in [-0.2, 0) is 9.59 Å². The van der Waals surface area contributed by atoms with Gasteiger partial charge in [0.15, 0.2) is 0 Å². The normalized spacial score (nSPS) is 16.7. The van der Waals surface area contributed by atoms with Crippen molar-refractivity contribution in [2.45, 2.75) is 32.2 Å². The van der Waals surface area contributed by atoms with Crippen molar-refractivity contribution >= 4 is 11.8 Å². The van der Waals surface area contributed by atoms with Crippen LogP contribution in [0.3, 0.4) is 0 Å². The number of rotatable bonds is 9. The number of hydrogen-bond donors (Lipinski definition) is 1. The Kier molecular flexibility index (Phi) is 8.36. The zero-order valence-electron chi connectivity index (χ0n) is 19.0. The molecule has 1 saturated heterocycles. The van der Waals surface area contributed by atoms with Crippen LogP contribution >= 0.6 is 0 Å². The van der Waals surface area contributed by atoms with Gasteiger partial charge in [-0.1, -0.05) is 18.2 Å². The van der Waals surface area contributed by atoms with Gasteiger partial charge in [-0.2, -0.15) is 0 Å². The molecule has 1 N–H and O–H groups in total. The van der Waals surface area contributed by atoms with Crippen LogP contribution in [0.5, 0.6) is 17.2 Å². The molecule has 0 spiro atoms. The Bertz CT molecular complexity index is 902. The molecule has 0 radical (unpaired) electrons. The number of benzene rings is 2. The predicted octanol–water partition coefficient (Wildman–Crippen LogP) is 3.59. The Labute approximate surface area is 189 Å². The van der Waals surface area contributed by atoms with Gasteiger partial charge in [0.2, 0.25) is 11.8 Å². The average Bonchev–Trinajstić information content (AvgIpc) is 2.84. The molecular weight excluding hydrogens is 408 g/mol. The molecule has 2 aromatic carbocycles. The minimum atomic E-state index is -0.252. The minimum absolute atomic E-state index is 0.0148. The molecule has 0 bridgehead atoms. The van der Waals surface area contributed by atoms with Crippen molar-refractivity contribution in [1.82, 2.24) is 10.2 Å². The van der Waals surface area contributed by atoms with E-state index in [0.29, 0.717) is 37.6 Å². The molecule has 0 saturated carbocycles. The van der Waals surface area contributed by atoms with Gasteiger partial charge < -0.3 is 24.4 Å². The summed E-state index contributed by atoms with van der Waals surface area (Å²) in [6, 6.07) is 14.7. The molecule has 1 fully saturated rings. The van der Waals surface area contributed by atoms with Crippen molar-refractivity contribution in [2.24, 2.45) is 5.92 Å². The Morgan fingerprint density at radius 3 is 2.59 bits per heavy atom. The van der Waals surface area contributed by atoms with Crippen LogP contribution in [0.2, 0.25) is 0 Å². The summed E-state index contributed by atoms with van der Waals surface area (Å²) in [5.41, 5.74) is 0.849. The fourth-order valence-electron chi connectivity index (χ4n) is 3.94. The van der Waals surface area contributed by atoms with Gasteiger partial charge in [-0.05, 0) is 50.1 Å². The van der Waals surface area contributed by atoms with Gasteiger partial charge in [0, 0.05) is 18.7 Å². The number of nitrogens with one attached hydrogen (secondary N) is 1. The lowest BCUT2D eigenvalue weighted by Gasteiger charge is -2.33. The standard InChI is InChI=1S/C25H32N2O5/c1-18(22-16-21(30-2)11-12-23(22)31-3)26-25(29)19-8-7-14-27(17-19)24(28)13-15-32-20-9-5-4-6-10-20/h4-6,9-12,16,18-19H,7-8,13-15,17H2,1-3H3,(H,26,29). The van der Waals surface area contributed by atoms with Crippen molar-refractivity contribution in [2.75, 3.05) is 33.9 Å². The molecule has 7 nitrogen and oxygen atoms in total. The maximum absolute atomic E-state index is 13.0. The van der Waals surface area contributed by atoms with E-state index in [1.807, 2.05) is 55.5 Å². The van der Waals surface area contributed by atoms with Crippen molar-refractivity contribution < 1.29 is 23.8 Å². The lowest BCUT2D eigenvalue weighted by atomic mass is 9.96. The van der Waals surface area contributed by atoms with Crippen LogP contribution in [0.25, 0.3) is 0 Å². The first-order valence-electron chi connectivity index (χ1n) is 11.0. The van der Waals surface area contributed by atoms with Crippen LogP contribution in [-0.4, -0.2) is 50.6 Å². The van der Waals surface area contributed by atoms with E-state index in [9.17, 15) is 9.59 Å². The SMILES string of the molecule is COc1ccc(OC)c(C(C)NC(=O)C2CCCN(C(=O)CCOc3ccccc3)C2)c1. The summed E-state index contributed by atoms with van der Waals surface area (Å²) in [6.45, 7) is 3.34. The summed E-state index contributed by atoms with van der Waals surface area (Å²) < 4.78 is 16.4. The second kappa shape index (κ2) is 11.4. The monoisotopic (exact) mass is 440 g/mol. The van der Waals surface area contributed by atoms with Gasteiger partial charge in [0.05, 0.1) is 39.2 Å². The highest BCUT2D eigenvalue weighted by molar-refractivity contribution is 5.81. The second-order valence-electron chi connectivity index (χ2n) is 7.93. The van der Waals surface area contributed by atoms with Crippen LogP contribution in [0.1, 0.15) is 37.8 Å². The zero-order valence-corrected chi connectivity index (χ0v) is 19.0. The van der Waals surface area contributed by atoms with Gasteiger partial charge in [-0.15, -0.1) is 0 Å². The van der Waals surface area contributed by atoms with E-state index in [1.165, 1.54) is 0 Å². The smallest absolute Gasteiger partial charge is 0.226 e. The molecule has 172 valence electrons. The minimum Gasteiger partial charge on any atom is -0.497 e. The number of carbonyl (C=O) groups is 2. The Balaban J connectivity index is 1.53. The molecular formula is C25H32N2O5. The number of carbonyl (C=O) groups excluding carboxylic acids is 2. The van der Waals surface area contributed by atoms with Crippen molar-refractivity contribution in [3.8, 4) is 17.2 Å². The highest BCUT2D eigenvalue weighted by Gasteiger charge is 2.29. The third-order valence-electron chi connectivity index (χ3n) is 5.73. The number of piperidine rings is 1. The number of amides is 2. The molecule has 2 unspecified atom stereocenters. The van der Waals surface area contributed by atoms with Crippen LogP contribution < -0.4 is 19.5 Å². The first kappa shape index (κ1) is 23.4. The lowest BCUT2D eigenvalue weighted by Crippen LogP contribution is -2.46. The molecule has 7 heteroatoms. The number of ether oxygens (including phenoxy) is 3. The van der Waals surface area contributed by atoms with Gasteiger partial charge in [0.1, 0.15) is 17.2 Å². The molecule has 0 aromatic heterocycles. The fourth-order valence-corrected chi connectivity index (χ4v) is 3.94. The second-order valence-corrected chi connectivity index (χ2v) is 7.93. The van der Waals surface area contributed by atoms with E-state index in [0.717, 1.165) is 24.2 Å². The summed E-state index contributed by atoms with van der Waals surface area (Å²) in [5.74, 6) is 1.87. The summed E-state index contributed by atoms with van der Waals surface area (Å²) in [6.07, 6.45) is 1.86. The molecule has 1 heterocycles. The predicted molar refractivity (Wildman–Crippen MR) is 122 cm³/mol. The van der Waals surface area contributed by atoms with E-state index in [-0.39, 0.29) is 23.8 Å². The van der Waals surface area contributed by atoms with E-state index in [4.69, 9.17) is 14.2 Å². The number of para-hydroxylation sites is 1. The average molecular weight is 441 g/mol. The summed E-state index contributed by atoms with van der Waals surface area (Å²) in [7, 11) is 3.21. The number of nitrogens with zero attached hydrogens (tertiary/aromatic N) is 1. The number of methoxy groups -OCH3 is 2. The van der Waals surface area contributed by atoms with Crippen molar-refractivity contribution in [3.63, 3.8) is 0 Å². The summed E-state index contributed by atoms with van der Waals surface area (Å²) in [5, 5.41) is 3.08. The molecule has 1 aliphatic rings. The molecule has 2 atom stereocenters. The van der Waals surface area contributed by atoms with Gasteiger partial charge in [-0.3, -0.25) is 9.59 Å². The van der Waals surface area contributed by atoms with E-state index in [2.05, 4.69) is 5.32 Å². The topological polar surface area (TPSA) is 77.1 Å². The first-order valence-corrected chi connectivity index (χ1v) is 11.0. The lowest BCUT2D eigenvalue weighted by molar-refractivity contribution is -0.136. The number of likely N-dealkylation sites (tertiary alicyclic amines) is 1. The van der Waals surface area contributed by atoms with E-state index >= 15 is 0 Å². The maximum Gasteiger partial charge on any atom is 0.226 e. The van der Waals surface area contributed by atoms with Crippen LogP contribution in [0.15, 0.2) is 48.5 Å². The van der Waals surface area contributed by atoms with Crippen molar-refractivity contribution in [3.05, 3.63) is 54.1 Å². The molecule has 3 rings (SSSR count). The third-order valence-corrected chi connectivity index (χ3v) is 5.73. The summed E-state index contributed by atoms with van der Waals surface area (Å²) in [4.78, 5) is 27.4.